The molecule has 0 radical (unpaired) electrons. The second-order valence-corrected chi connectivity index (χ2v) is 4.75. The molecule has 2 rings (SSSR count). The van der Waals surface area contributed by atoms with Crippen molar-refractivity contribution in [2.45, 2.75) is 26.9 Å². The Bertz CT molecular complexity index is 580. The van der Waals surface area contributed by atoms with Crippen molar-refractivity contribution in [3.8, 4) is 23.0 Å². The lowest BCUT2D eigenvalue weighted by Gasteiger charge is -2.16. The molecule has 0 saturated heterocycles. The molecule has 1 atom stereocenters. The lowest BCUT2D eigenvalue weighted by molar-refractivity contribution is 0.0217. The van der Waals surface area contributed by atoms with Crippen molar-refractivity contribution in [1.82, 2.24) is 10.1 Å². The zero-order valence-electron chi connectivity index (χ0n) is 11.7. The molecule has 6 heteroatoms. The van der Waals surface area contributed by atoms with Gasteiger partial charge in [0.05, 0.1) is 5.56 Å². The first-order valence-corrected chi connectivity index (χ1v) is 6.51. The van der Waals surface area contributed by atoms with Crippen molar-refractivity contribution < 1.29 is 19.5 Å². The Morgan fingerprint density at radius 3 is 2.70 bits per heavy atom. The van der Waals surface area contributed by atoms with Gasteiger partial charge >= 0.3 is 0 Å². The van der Waals surface area contributed by atoms with Crippen LogP contribution in [-0.2, 0) is 4.74 Å². The van der Waals surface area contributed by atoms with Crippen molar-refractivity contribution >= 4 is 0 Å². The van der Waals surface area contributed by atoms with Gasteiger partial charge in [0.2, 0.25) is 5.82 Å². The molecule has 0 aliphatic rings. The molecule has 0 aliphatic heterocycles. The molecule has 20 heavy (non-hydrogen) atoms. The molecule has 0 bridgehead atoms. The third-order valence-electron chi connectivity index (χ3n) is 2.89. The molecular formula is C14H18N2O4. The lowest BCUT2D eigenvalue weighted by Crippen LogP contribution is -2.12. The SMILES string of the molecule is CCOC(c1noc(-c2cccc(O)c2O)n1)C(C)C. The number of hydrogen-bond acceptors (Lipinski definition) is 6. The fourth-order valence-electron chi connectivity index (χ4n) is 1.91. The molecule has 2 N–H and O–H groups in total. The molecule has 0 amide bonds. The molecule has 1 unspecified atom stereocenters. The highest BCUT2D eigenvalue weighted by atomic mass is 16.5. The van der Waals surface area contributed by atoms with Crippen LogP contribution in [0, 0.1) is 5.92 Å². The first kappa shape index (κ1) is 14.3. The average Bonchev–Trinajstić information content (AvgIpc) is 2.88. The third kappa shape index (κ3) is 2.75. The van der Waals surface area contributed by atoms with Gasteiger partial charge in [0.25, 0.3) is 5.89 Å². The van der Waals surface area contributed by atoms with E-state index in [2.05, 4.69) is 10.1 Å². The van der Waals surface area contributed by atoms with Crippen molar-refractivity contribution in [2.24, 2.45) is 5.92 Å². The van der Waals surface area contributed by atoms with Gasteiger partial charge in [0, 0.05) is 6.61 Å². The standard InChI is InChI=1S/C14H18N2O4/c1-4-19-12(8(2)3)13-15-14(20-16-13)9-6-5-7-10(17)11(9)18/h5-8,12,17-18H,4H2,1-3H3. The van der Waals surface area contributed by atoms with E-state index in [1.807, 2.05) is 20.8 Å². The number of aromatic hydroxyl groups is 2. The second kappa shape index (κ2) is 5.92. The number of para-hydroxylation sites is 1. The van der Waals surface area contributed by atoms with Crippen LogP contribution < -0.4 is 0 Å². The summed E-state index contributed by atoms with van der Waals surface area (Å²) < 4.78 is 10.7. The summed E-state index contributed by atoms with van der Waals surface area (Å²) in [5.41, 5.74) is 0.294. The minimum Gasteiger partial charge on any atom is -0.504 e. The minimum atomic E-state index is -0.278. The lowest BCUT2D eigenvalue weighted by atomic mass is 10.1. The number of ether oxygens (including phenoxy) is 1. The van der Waals surface area contributed by atoms with E-state index >= 15 is 0 Å². The van der Waals surface area contributed by atoms with E-state index < -0.39 is 0 Å². The van der Waals surface area contributed by atoms with Gasteiger partial charge in [0.15, 0.2) is 11.5 Å². The summed E-state index contributed by atoms with van der Waals surface area (Å²) in [5.74, 6) is 0.268. The highest BCUT2D eigenvalue weighted by Crippen LogP contribution is 2.36. The summed E-state index contributed by atoms with van der Waals surface area (Å²) in [6.07, 6.45) is -0.267. The largest absolute Gasteiger partial charge is 0.504 e. The summed E-state index contributed by atoms with van der Waals surface area (Å²) in [6, 6.07) is 4.57. The predicted octanol–water partition coefficient (Wildman–Crippen LogP) is 2.88. The fourth-order valence-corrected chi connectivity index (χ4v) is 1.91. The number of rotatable bonds is 5. The summed E-state index contributed by atoms with van der Waals surface area (Å²) in [7, 11) is 0. The first-order chi connectivity index (χ1) is 9.54. The van der Waals surface area contributed by atoms with E-state index in [4.69, 9.17) is 9.26 Å². The topological polar surface area (TPSA) is 88.6 Å². The normalized spacial score (nSPS) is 12.8. The number of benzene rings is 1. The summed E-state index contributed by atoms with van der Waals surface area (Å²) in [5, 5.41) is 23.2. The van der Waals surface area contributed by atoms with Gasteiger partial charge in [-0.15, -0.1) is 0 Å². The summed E-state index contributed by atoms with van der Waals surface area (Å²) in [6.45, 7) is 6.45. The maximum Gasteiger partial charge on any atom is 0.261 e. The van der Waals surface area contributed by atoms with Crippen LogP contribution in [0.1, 0.15) is 32.7 Å². The fraction of sp³-hybridized carbons (Fsp3) is 0.429. The van der Waals surface area contributed by atoms with Crippen molar-refractivity contribution in [3.63, 3.8) is 0 Å². The van der Waals surface area contributed by atoms with E-state index in [0.717, 1.165) is 0 Å². The van der Waals surface area contributed by atoms with Crippen LogP contribution in [-0.4, -0.2) is 27.0 Å². The summed E-state index contributed by atoms with van der Waals surface area (Å²) >= 11 is 0. The number of hydrogen-bond donors (Lipinski definition) is 2. The highest BCUT2D eigenvalue weighted by molar-refractivity contribution is 5.66. The first-order valence-electron chi connectivity index (χ1n) is 6.51. The Balaban J connectivity index is 2.35. The molecular weight excluding hydrogens is 260 g/mol. The minimum absolute atomic E-state index is 0.152. The van der Waals surface area contributed by atoms with E-state index in [1.165, 1.54) is 6.07 Å². The highest BCUT2D eigenvalue weighted by Gasteiger charge is 2.23. The van der Waals surface area contributed by atoms with E-state index in [-0.39, 0.29) is 29.4 Å². The Hall–Kier alpha value is -2.08. The number of phenolic OH excluding ortho intramolecular Hbond substituents is 2. The molecule has 0 fully saturated rings. The van der Waals surface area contributed by atoms with Gasteiger partial charge in [-0.2, -0.15) is 4.98 Å². The van der Waals surface area contributed by atoms with Gasteiger partial charge < -0.3 is 19.5 Å². The van der Waals surface area contributed by atoms with E-state index in [9.17, 15) is 10.2 Å². The molecule has 108 valence electrons. The van der Waals surface area contributed by atoms with Crippen LogP contribution >= 0.6 is 0 Å². The smallest absolute Gasteiger partial charge is 0.261 e. The Kier molecular flexibility index (Phi) is 4.24. The van der Waals surface area contributed by atoms with E-state index in [0.29, 0.717) is 18.0 Å². The van der Waals surface area contributed by atoms with Crippen LogP contribution in [0.2, 0.25) is 0 Å². The van der Waals surface area contributed by atoms with Crippen LogP contribution in [0.25, 0.3) is 11.5 Å². The maximum atomic E-state index is 9.80. The molecule has 1 aromatic carbocycles. The van der Waals surface area contributed by atoms with Gasteiger partial charge in [-0.3, -0.25) is 0 Å². The van der Waals surface area contributed by atoms with Gasteiger partial charge in [-0.1, -0.05) is 25.1 Å². The number of phenols is 2. The number of aromatic nitrogens is 2. The second-order valence-electron chi connectivity index (χ2n) is 4.75. The third-order valence-corrected chi connectivity index (χ3v) is 2.89. The van der Waals surface area contributed by atoms with Crippen LogP contribution in [0.3, 0.4) is 0 Å². The quantitative estimate of drug-likeness (QED) is 0.817. The molecule has 1 heterocycles. The zero-order chi connectivity index (χ0) is 14.7. The number of nitrogens with zero attached hydrogens (tertiary/aromatic N) is 2. The molecule has 0 aliphatic carbocycles. The monoisotopic (exact) mass is 278 g/mol. The Morgan fingerprint density at radius 1 is 1.30 bits per heavy atom. The Labute approximate surface area is 117 Å². The van der Waals surface area contributed by atoms with E-state index in [1.54, 1.807) is 12.1 Å². The van der Waals surface area contributed by atoms with Gasteiger partial charge in [0.1, 0.15) is 6.10 Å². The molecule has 2 aromatic rings. The Morgan fingerprint density at radius 2 is 2.05 bits per heavy atom. The maximum absolute atomic E-state index is 9.80. The average molecular weight is 278 g/mol. The van der Waals surface area contributed by atoms with Crippen LogP contribution in [0.4, 0.5) is 0 Å². The van der Waals surface area contributed by atoms with Crippen LogP contribution in [0.5, 0.6) is 11.5 Å². The van der Waals surface area contributed by atoms with Crippen molar-refractivity contribution in [3.05, 3.63) is 24.0 Å². The van der Waals surface area contributed by atoms with Crippen LogP contribution in [0.15, 0.2) is 22.7 Å². The van der Waals surface area contributed by atoms with Crippen molar-refractivity contribution in [2.75, 3.05) is 6.61 Å². The zero-order valence-corrected chi connectivity index (χ0v) is 11.7. The van der Waals surface area contributed by atoms with Gasteiger partial charge in [-0.05, 0) is 25.0 Å². The molecule has 6 nitrogen and oxygen atoms in total. The molecule has 0 spiro atoms. The molecule has 0 saturated carbocycles. The predicted molar refractivity (Wildman–Crippen MR) is 72.3 cm³/mol. The summed E-state index contributed by atoms with van der Waals surface area (Å²) in [4.78, 5) is 4.25. The molecule has 1 aromatic heterocycles. The van der Waals surface area contributed by atoms with Gasteiger partial charge in [-0.25, -0.2) is 0 Å². The van der Waals surface area contributed by atoms with Crippen molar-refractivity contribution in [1.29, 1.82) is 0 Å².